The van der Waals surface area contributed by atoms with E-state index in [4.69, 9.17) is 4.74 Å². The first-order chi connectivity index (χ1) is 15.9. The molecule has 0 aliphatic carbocycles. The number of nitriles is 1. The molecule has 11 heteroatoms. The summed E-state index contributed by atoms with van der Waals surface area (Å²) in [5.74, 6) is -0.759. The Labute approximate surface area is 206 Å². The molecule has 3 heterocycles. The molecular weight excluding hydrogens is 618 g/mol. The molecule has 0 bridgehead atoms. The molecular formula is C22H21FN7O2Tl. The number of benzene rings is 1. The van der Waals surface area contributed by atoms with Gasteiger partial charge in [-0.2, -0.15) is 5.26 Å². The van der Waals surface area contributed by atoms with E-state index in [-0.39, 0.29) is 12.5 Å². The molecule has 2 aromatic heterocycles. The van der Waals surface area contributed by atoms with Crippen LogP contribution in [0, 0.1) is 17.1 Å². The Balaban J connectivity index is 1.52. The third kappa shape index (κ3) is 4.63. The maximum atomic E-state index is 14.9. The minimum absolute atomic E-state index is 0.145. The predicted octanol–water partition coefficient (Wildman–Crippen LogP) is 1.96. The number of carbonyl (C=O) groups excluding carboxylic acids is 1. The molecule has 1 N–H and O–H groups in total. The number of nitrogens with zero attached hydrogens (tertiary/aromatic N) is 6. The molecule has 0 unspecified atom stereocenters. The summed E-state index contributed by atoms with van der Waals surface area (Å²) in [5.41, 5.74) is 3.02. The number of pyridine rings is 1. The maximum absolute atomic E-state index is 14.9. The first-order valence-electron chi connectivity index (χ1n) is 10.3. The van der Waals surface area contributed by atoms with Gasteiger partial charge in [-0.3, -0.25) is 4.40 Å². The summed E-state index contributed by atoms with van der Waals surface area (Å²) >= 11 is 0.555. The molecule has 0 saturated carbocycles. The summed E-state index contributed by atoms with van der Waals surface area (Å²) in [6, 6.07) is 10.8. The minimum atomic E-state index is -0.423. The number of anilines is 1. The Morgan fingerprint density at radius 3 is 2.85 bits per heavy atom. The third-order valence-electron chi connectivity index (χ3n) is 5.30. The summed E-state index contributed by atoms with van der Waals surface area (Å²) in [5, 5.41) is 18.0. The van der Waals surface area contributed by atoms with Crippen LogP contribution >= 0.6 is 0 Å². The Kier molecular flexibility index (Phi) is 6.78. The van der Waals surface area contributed by atoms with Crippen molar-refractivity contribution >= 4 is 49.3 Å². The van der Waals surface area contributed by atoms with Gasteiger partial charge in [0.25, 0.3) is 0 Å². The molecule has 9 nitrogen and oxygen atoms in total. The normalized spacial score (nSPS) is 13.5. The number of ether oxygens (including phenoxy) is 1. The number of imidazole rings is 1. The second kappa shape index (κ2) is 9.74. The molecule has 4 rings (SSSR count). The van der Waals surface area contributed by atoms with E-state index < -0.39 is 5.82 Å². The number of hydrogen-bond acceptors (Lipinski definition) is 7. The van der Waals surface area contributed by atoms with Crippen molar-refractivity contribution in [3.63, 3.8) is 0 Å². The van der Waals surface area contributed by atoms with E-state index in [0.717, 1.165) is 6.54 Å². The van der Waals surface area contributed by atoms with E-state index in [1.807, 2.05) is 9.63 Å². The fourth-order valence-electron chi connectivity index (χ4n) is 3.62. The first kappa shape index (κ1) is 23.0. The SMILES string of the molecule is CCc1nc2ccc(C#N)cn2c1C(=O)NCc1ccc(N2CC[N]([Tl])C(OC)=N2)c(F)c1. The number of aryl methyl sites for hydroxylation is 1. The van der Waals surface area contributed by atoms with E-state index >= 15 is 0 Å². The Morgan fingerprint density at radius 1 is 1.33 bits per heavy atom. The second-order valence-electron chi connectivity index (χ2n) is 7.39. The quantitative estimate of drug-likeness (QED) is 0.430. The number of halogens is 1. The van der Waals surface area contributed by atoms with Gasteiger partial charge in [0.05, 0.1) is 11.3 Å². The van der Waals surface area contributed by atoms with Gasteiger partial charge in [0, 0.05) is 6.20 Å². The van der Waals surface area contributed by atoms with Crippen LogP contribution in [-0.4, -0.2) is 70.3 Å². The molecule has 0 atom stereocenters. The number of hydrogen-bond donors (Lipinski definition) is 1. The molecule has 1 aliphatic rings. The van der Waals surface area contributed by atoms with Gasteiger partial charge in [0.1, 0.15) is 11.7 Å². The number of nitrogens with one attached hydrogen (secondary N) is 1. The van der Waals surface area contributed by atoms with Gasteiger partial charge in [-0.05, 0) is 18.6 Å². The van der Waals surface area contributed by atoms with Crippen LogP contribution in [0.4, 0.5) is 10.1 Å². The van der Waals surface area contributed by atoms with E-state index in [0.29, 0.717) is 78.9 Å². The third-order valence-corrected chi connectivity index (χ3v) is 7.16. The van der Waals surface area contributed by atoms with Crippen molar-refractivity contribution in [1.29, 1.82) is 5.26 Å². The molecule has 1 aliphatic heterocycles. The van der Waals surface area contributed by atoms with Gasteiger partial charge in [-0.1, -0.05) is 6.92 Å². The van der Waals surface area contributed by atoms with E-state index in [1.165, 1.54) is 6.07 Å². The van der Waals surface area contributed by atoms with Crippen molar-refractivity contribution in [2.24, 2.45) is 5.10 Å². The zero-order chi connectivity index (χ0) is 23.5. The van der Waals surface area contributed by atoms with E-state index in [1.54, 1.807) is 47.0 Å². The summed E-state index contributed by atoms with van der Waals surface area (Å²) < 4.78 is 23.8. The number of amidine groups is 1. The summed E-state index contributed by atoms with van der Waals surface area (Å²) in [6.45, 7) is 3.35. The molecule has 166 valence electrons. The van der Waals surface area contributed by atoms with E-state index in [9.17, 15) is 14.4 Å². The molecule has 33 heavy (non-hydrogen) atoms. The standard InChI is InChI=1S/C22H22FN7O2.Tl/c1-3-17-20(29-13-15(11-24)5-7-19(29)27-17)21(31)26-12-14-4-6-18(16(23)10-14)30-9-8-25-22(28-30)32-2;/h4-7,10,13H,3,8-9,12H2,1-2H3,(H2,25,26,28,31);/q;+1/p-1. The number of methoxy groups -OCH3 is 1. The molecule has 0 saturated heterocycles. The van der Waals surface area contributed by atoms with Crippen LogP contribution in [0.15, 0.2) is 41.6 Å². The van der Waals surface area contributed by atoms with E-state index in [2.05, 4.69) is 21.5 Å². The van der Waals surface area contributed by atoms with Crippen LogP contribution in [0.25, 0.3) is 5.65 Å². The molecule has 1 amide bonds. The van der Waals surface area contributed by atoms with Crippen LogP contribution < -0.4 is 10.3 Å². The second-order valence-corrected chi connectivity index (χ2v) is 9.81. The monoisotopic (exact) mass is 639 g/mol. The number of fused-ring (bicyclic) bond motifs is 1. The van der Waals surface area contributed by atoms with Crippen LogP contribution in [0.1, 0.15) is 34.2 Å². The van der Waals surface area contributed by atoms with Gasteiger partial charge in [-0.25, -0.2) is 4.98 Å². The summed E-state index contributed by atoms with van der Waals surface area (Å²) in [6.07, 6.45) is 2.16. The van der Waals surface area contributed by atoms with Crippen molar-refractivity contribution in [3.05, 3.63) is 64.9 Å². The average molecular weight is 639 g/mol. The Morgan fingerprint density at radius 2 is 2.15 bits per heavy atom. The van der Waals surface area contributed by atoms with Crippen molar-refractivity contribution in [1.82, 2.24) is 17.4 Å². The van der Waals surface area contributed by atoms with Gasteiger partial charge < -0.3 is 0 Å². The number of carbonyl (C=O) groups is 1. The zero-order valence-corrected chi connectivity index (χ0v) is 22.7. The van der Waals surface area contributed by atoms with Crippen molar-refractivity contribution < 1.29 is 13.9 Å². The topological polar surface area (TPSA) is 98.3 Å². The Hall–Kier alpha value is -3.21. The molecule has 1 aromatic carbocycles. The van der Waals surface area contributed by atoms with Gasteiger partial charge >= 0.3 is 138 Å². The number of hydrazone groups is 1. The molecule has 0 fully saturated rings. The zero-order valence-electron chi connectivity index (χ0n) is 18.2. The molecule has 0 spiro atoms. The first-order valence-corrected chi connectivity index (χ1v) is 12.4. The number of amides is 1. The fourth-order valence-corrected chi connectivity index (χ4v) is 4.68. The van der Waals surface area contributed by atoms with Crippen molar-refractivity contribution in [2.45, 2.75) is 19.9 Å². The van der Waals surface area contributed by atoms with Gasteiger partial charge in [0.15, 0.2) is 0 Å². The Bertz CT molecular complexity index is 1280. The predicted molar refractivity (Wildman–Crippen MR) is 121 cm³/mol. The van der Waals surface area contributed by atoms with Crippen LogP contribution in [0.2, 0.25) is 0 Å². The number of aromatic nitrogens is 2. The van der Waals surface area contributed by atoms with Crippen molar-refractivity contribution in [3.8, 4) is 6.07 Å². The van der Waals surface area contributed by atoms with Gasteiger partial charge in [0.2, 0.25) is 0 Å². The van der Waals surface area contributed by atoms with Crippen molar-refractivity contribution in [2.75, 3.05) is 25.2 Å². The molecule has 0 radical (unpaired) electrons. The number of rotatable bonds is 5. The van der Waals surface area contributed by atoms with Gasteiger partial charge in [-0.15, -0.1) is 0 Å². The van der Waals surface area contributed by atoms with Crippen LogP contribution in [-0.2, 0) is 17.7 Å². The fraction of sp³-hybridized carbons (Fsp3) is 0.273. The average Bonchev–Trinajstić information content (AvgIpc) is 3.21. The summed E-state index contributed by atoms with van der Waals surface area (Å²) in [4.78, 5) is 17.5. The van der Waals surface area contributed by atoms with Crippen LogP contribution in [0.5, 0.6) is 0 Å². The van der Waals surface area contributed by atoms with Crippen LogP contribution in [0.3, 0.4) is 0 Å². The summed E-state index contributed by atoms with van der Waals surface area (Å²) in [7, 11) is 1.55. The molecule has 3 aromatic rings.